The fourth-order valence-electron chi connectivity index (χ4n) is 1.65. The second-order valence-corrected chi connectivity index (χ2v) is 5.05. The molecule has 21 heavy (non-hydrogen) atoms. The third-order valence-electron chi connectivity index (χ3n) is 2.57. The van der Waals surface area contributed by atoms with Crippen LogP contribution in [0.3, 0.4) is 0 Å². The van der Waals surface area contributed by atoms with Gasteiger partial charge in [0.2, 0.25) is 0 Å². The van der Waals surface area contributed by atoms with Gasteiger partial charge in [-0.3, -0.25) is 0 Å². The first-order valence-corrected chi connectivity index (χ1v) is 6.90. The number of para-hydroxylation sites is 1. The standard InChI is InChI=1S/C14H12BrF3N2O/c15-10-8-12(14(16,17)18)13(20-9-10)19-6-7-21-11-4-2-1-3-5-11/h1-5,8-9H,6-7H2,(H,19,20). The van der Waals surface area contributed by atoms with Gasteiger partial charge < -0.3 is 10.1 Å². The molecule has 112 valence electrons. The molecule has 0 spiro atoms. The van der Waals surface area contributed by atoms with Crippen LogP contribution in [-0.2, 0) is 6.18 Å². The molecule has 2 aromatic rings. The quantitative estimate of drug-likeness (QED) is 0.804. The van der Waals surface area contributed by atoms with Crippen LogP contribution in [0.5, 0.6) is 5.75 Å². The van der Waals surface area contributed by atoms with Crippen LogP contribution in [0.4, 0.5) is 19.0 Å². The van der Waals surface area contributed by atoms with Crippen LogP contribution in [0, 0.1) is 0 Å². The minimum Gasteiger partial charge on any atom is -0.492 e. The van der Waals surface area contributed by atoms with Gasteiger partial charge in [0.1, 0.15) is 18.2 Å². The van der Waals surface area contributed by atoms with Gasteiger partial charge in [-0.2, -0.15) is 13.2 Å². The van der Waals surface area contributed by atoms with Crippen LogP contribution in [0.1, 0.15) is 5.56 Å². The monoisotopic (exact) mass is 360 g/mol. The maximum Gasteiger partial charge on any atom is 0.419 e. The number of nitrogens with one attached hydrogen (secondary N) is 1. The van der Waals surface area contributed by atoms with E-state index >= 15 is 0 Å². The molecule has 7 heteroatoms. The van der Waals surface area contributed by atoms with Crippen LogP contribution in [0.25, 0.3) is 0 Å². The Balaban J connectivity index is 1.94. The lowest BCUT2D eigenvalue weighted by Crippen LogP contribution is -2.17. The molecule has 0 amide bonds. The zero-order chi connectivity index (χ0) is 15.3. The van der Waals surface area contributed by atoms with Crippen LogP contribution >= 0.6 is 15.9 Å². The molecule has 0 saturated carbocycles. The summed E-state index contributed by atoms with van der Waals surface area (Å²) in [5.74, 6) is 0.460. The number of alkyl halides is 3. The number of hydrogen-bond donors (Lipinski definition) is 1. The largest absolute Gasteiger partial charge is 0.492 e. The minimum absolute atomic E-state index is 0.206. The smallest absolute Gasteiger partial charge is 0.419 e. The Labute approximate surface area is 128 Å². The van der Waals surface area contributed by atoms with Gasteiger partial charge in [-0.15, -0.1) is 0 Å². The molecule has 0 bridgehead atoms. The number of hydrogen-bond acceptors (Lipinski definition) is 3. The average Bonchev–Trinajstić information content (AvgIpc) is 2.45. The summed E-state index contributed by atoms with van der Waals surface area (Å²) in [6.07, 6.45) is -3.14. The highest BCUT2D eigenvalue weighted by Crippen LogP contribution is 2.35. The highest BCUT2D eigenvalue weighted by atomic mass is 79.9. The molecule has 2 rings (SSSR count). The molecule has 3 nitrogen and oxygen atoms in total. The normalized spacial score (nSPS) is 11.2. The van der Waals surface area contributed by atoms with E-state index in [9.17, 15) is 13.2 Å². The summed E-state index contributed by atoms with van der Waals surface area (Å²) in [5.41, 5.74) is -0.809. The van der Waals surface area contributed by atoms with E-state index in [1.165, 1.54) is 6.20 Å². The van der Waals surface area contributed by atoms with Gasteiger partial charge in [0, 0.05) is 10.7 Å². The third-order valence-corrected chi connectivity index (χ3v) is 3.00. The molecule has 0 aliphatic rings. The SMILES string of the molecule is FC(F)(F)c1cc(Br)cnc1NCCOc1ccccc1. The highest BCUT2D eigenvalue weighted by Gasteiger charge is 2.34. The van der Waals surface area contributed by atoms with Gasteiger partial charge in [-0.25, -0.2) is 4.98 Å². The van der Waals surface area contributed by atoms with Crippen molar-refractivity contribution in [2.75, 3.05) is 18.5 Å². The minimum atomic E-state index is -4.46. The maximum absolute atomic E-state index is 12.9. The van der Waals surface area contributed by atoms with E-state index in [0.29, 0.717) is 5.75 Å². The summed E-state index contributed by atoms with van der Waals surface area (Å²) in [6.45, 7) is 0.450. The predicted molar refractivity (Wildman–Crippen MR) is 77.4 cm³/mol. The molecule has 0 radical (unpaired) electrons. The van der Waals surface area contributed by atoms with E-state index in [-0.39, 0.29) is 23.4 Å². The van der Waals surface area contributed by atoms with Crippen LogP contribution in [0.15, 0.2) is 47.1 Å². The molecule has 0 unspecified atom stereocenters. The number of ether oxygens (including phenoxy) is 1. The number of halogens is 4. The second kappa shape index (κ2) is 6.80. The van der Waals surface area contributed by atoms with Crippen LogP contribution in [0.2, 0.25) is 0 Å². The Bertz CT molecular complexity index is 591. The van der Waals surface area contributed by atoms with Gasteiger partial charge in [0.15, 0.2) is 0 Å². The molecular weight excluding hydrogens is 349 g/mol. The van der Waals surface area contributed by atoms with Crippen LogP contribution < -0.4 is 10.1 Å². The molecule has 0 fully saturated rings. The summed E-state index contributed by atoms with van der Waals surface area (Å²) in [5, 5.41) is 2.64. The average molecular weight is 361 g/mol. The van der Waals surface area contributed by atoms with E-state index in [4.69, 9.17) is 4.74 Å². The van der Waals surface area contributed by atoms with Crippen molar-refractivity contribution >= 4 is 21.7 Å². The Kier molecular flexibility index (Phi) is 5.06. The lowest BCUT2D eigenvalue weighted by atomic mass is 10.2. The Morgan fingerprint density at radius 2 is 1.90 bits per heavy atom. The predicted octanol–water partition coefficient (Wildman–Crippen LogP) is 4.35. The number of aromatic nitrogens is 1. The molecule has 0 saturated heterocycles. The van der Waals surface area contributed by atoms with Crippen molar-refractivity contribution in [2.45, 2.75) is 6.18 Å². The molecular formula is C14H12BrF3N2O. The van der Waals surface area contributed by atoms with Gasteiger partial charge >= 0.3 is 6.18 Å². The molecule has 1 N–H and O–H groups in total. The first-order chi connectivity index (χ1) is 9.97. The second-order valence-electron chi connectivity index (χ2n) is 4.14. The van der Waals surface area contributed by atoms with Crippen molar-refractivity contribution in [3.8, 4) is 5.75 Å². The molecule has 0 atom stereocenters. The molecule has 0 aliphatic heterocycles. The third kappa shape index (κ3) is 4.63. The Morgan fingerprint density at radius 1 is 1.19 bits per heavy atom. The van der Waals surface area contributed by atoms with Crippen molar-refractivity contribution in [2.24, 2.45) is 0 Å². The zero-order valence-electron chi connectivity index (χ0n) is 10.8. The number of nitrogens with zero attached hydrogens (tertiary/aromatic N) is 1. The van der Waals surface area contributed by atoms with Crippen molar-refractivity contribution in [3.05, 3.63) is 52.6 Å². The van der Waals surface area contributed by atoms with Crippen molar-refractivity contribution < 1.29 is 17.9 Å². The molecule has 1 aromatic heterocycles. The highest BCUT2D eigenvalue weighted by molar-refractivity contribution is 9.10. The zero-order valence-corrected chi connectivity index (χ0v) is 12.4. The van der Waals surface area contributed by atoms with Crippen molar-refractivity contribution in [3.63, 3.8) is 0 Å². The van der Waals surface area contributed by atoms with Gasteiger partial charge in [-0.05, 0) is 34.1 Å². The number of pyridine rings is 1. The van der Waals surface area contributed by atoms with Crippen molar-refractivity contribution in [1.82, 2.24) is 4.98 Å². The lowest BCUT2D eigenvalue weighted by Gasteiger charge is -2.14. The Morgan fingerprint density at radius 3 is 2.57 bits per heavy atom. The first kappa shape index (κ1) is 15.6. The summed E-state index contributed by atoms with van der Waals surface area (Å²) < 4.78 is 44.3. The topological polar surface area (TPSA) is 34.2 Å². The molecule has 0 aliphatic carbocycles. The van der Waals surface area contributed by atoms with E-state index < -0.39 is 11.7 Å². The van der Waals surface area contributed by atoms with Gasteiger partial charge in [-0.1, -0.05) is 18.2 Å². The van der Waals surface area contributed by atoms with Gasteiger partial charge in [0.05, 0.1) is 12.1 Å². The summed E-state index contributed by atoms with van der Waals surface area (Å²) in [4.78, 5) is 3.76. The van der Waals surface area contributed by atoms with E-state index in [1.54, 1.807) is 12.1 Å². The molecule has 1 heterocycles. The van der Waals surface area contributed by atoms with Gasteiger partial charge in [0.25, 0.3) is 0 Å². The summed E-state index contributed by atoms with van der Waals surface area (Å²) in [7, 11) is 0. The van der Waals surface area contributed by atoms with Crippen molar-refractivity contribution in [1.29, 1.82) is 0 Å². The lowest BCUT2D eigenvalue weighted by molar-refractivity contribution is -0.137. The molecule has 1 aromatic carbocycles. The van der Waals surface area contributed by atoms with E-state index in [0.717, 1.165) is 6.07 Å². The summed E-state index contributed by atoms with van der Waals surface area (Å²) in [6, 6.07) is 10.0. The fraction of sp³-hybridized carbons (Fsp3) is 0.214. The Hall–Kier alpha value is -1.76. The first-order valence-electron chi connectivity index (χ1n) is 6.11. The number of anilines is 1. The number of rotatable bonds is 5. The number of benzene rings is 1. The van der Waals surface area contributed by atoms with E-state index in [1.807, 2.05) is 18.2 Å². The maximum atomic E-state index is 12.9. The fourth-order valence-corrected chi connectivity index (χ4v) is 1.98. The van der Waals surface area contributed by atoms with E-state index in [2.05, 4.69) is 26.2 Å². The summed E-state index contributed by atoms with van der Waals surface area (Å²) >= 11 is 2.99. The van der Waals surface area contributed by atoms with Crippen LogP contribution in [-0.4, -0.2) is 18.1 Å².